The number of hydrogen-bond acceptors (Lipinski definition) is 6. The maximum absolute atomic E-state index is 13.1. The largest absolute Gasteiger partial charge is 0.379 e. The number of sulfonamides is 1. The first kappa shape index (κ1) is 21.5. The number of carbonyl (C=O) groups excluding carboxylic acids is 1. The summed E-state index contributed by atoms with van der Waals surface area (Å²) in [4.78, 5) is 17.1. The Morgan fingerprint density at radius 1 is 1.06 bits per heavy atom. The van der Waals surface area contributed by atoms with Crippen LogP contribution in [0.15, 0.2) is 64.9 Å². The van der Waals surface area contributed by atoms with E-state index in [4.69, 9.17) is 4.74 Å². The van der Waals surface area contributed by atoms with Gasteiger partial charge in [0.05, 0.1) is 23.8 Å². The van der Waals surface area contributed by atoms with E-state index in [1.54, 1.807) is 23.6 Å². The van der Waals surface area contributed by atoms with Crippen LogP contribution < -0.4 is 0 Å². The van der Waals surface area contributed by atoms with E-state index in [1.165, 1.54) is 58.1 Å². The molecule has 1 fully saturated rings. The number of ether oxygens (including phenoxy) is 1. The number of hydrogen-bond donors (Lipinski definition) is 0. The van der Waals surface area contributed by atoms with Crippen molar-refractivity contribution in [2.45, 2.75) is 4.90 Å². The Labute approximate surface area is 183 Å². The summed E-state index contributed by atoms with van der Waals surface area (Å²) < 4.78 is 45.0. The van der Waals surface area contributed by atoms with Gasteiger partial charge in [-0.2, -0.15) is 4.31 Å². The number of benzene rings is 2. The molecule has 0 radical (unpaired) electrons. The molecular weight excluding hydrogens is 439 g/mol. The number of morpholine rings is 1. The van der Waals surface area contributed by atoms with Crippen LogP contribution in [0.5, 0.6) is 0 Å². The van der Waals surface area contributed by atoms with Crippen LogP contribution in [0.2, 0.25) is 0 Å². The van der Waals surface area contributed by atoms with Crippen molar-refractivity contribution >= 4 is 33.2 Å². The molecule has 0 N–H and O–H groups in total. The van der Waals surface area contributed by atoms with Gasteiger partial charge in [0, 0.05) is 29.6 Å². The molecule has 31 heavy (non-hydrogen) atoms. The molecule has 1 aromatic heterocycles. The molecule has 0 bridgehead atoms. The summed E-state index contributed by atoms with van der Waals surface area (Å²) in [6.07, 6.45) is 3.00. The second kappa shape index (κ2) is 9.19. The maximum Gasteiger partial charge on any atom is 0.243 e. The third-order valence-electron chi connectivity index (χ3n) is 4.77. The third-order valence-corrected chi connectivity index (χ3v) is 7.59. The van der Waals surface area contributed by atoms with Crippen LogP contribution in [-0.2, 0) is 14.8 Å². The Balaban J connectivity index is 1.44. The van der Waals surface area contributed by atoms with Crippen molar-refractivity contribution in [2.24, 2.45) is 0 Å². The highest BCUT2D eigenvalue weighted by Crippen LogP contribution is 2.24. The lowest BCUT2D eigenvalue weighted by Gasteiger charge is -2.26. The molecule has 0 amide bonds. The van der Waals surface area contributed by atoms with Crippen molar-refractivity contribution in [1.29, 1.82) is 0 Å². The van der Waals surface area contributed by atoms with Gasteiger partial charge >= 0.3 is 0 Å². The fourth-order valence-corrected chi connectivity index (χ4v) is 5.27. The standard InChI is InChI=1S/C22H19FN2O4S2/c23-18-5-1-17(2-6-18)22-24-19(15-30-22)7-10-21(26)16-3-8-20(9-4-16)31(27,28)25-11-13-29-14-12-25/h1-10,15H,11-14H2. The van der Waals surface area contributed by atoms with Gasteiger partial charge in [0.25, 0.3) is 0 Å². The monoisotopic (exact) mass is 458 g/mol. The zero-order chi connectivity index (χ0) is 21.8. The fourth-order valence-electron chi connectivity index (χ4n) is 3.07. The molecule has 160 valence electrons. The number of ketones is 1. The number of thiazole rings is 1. The Morgan fingerprint density at radius 2 is 1.74 bits per heavy atom. The van der Waals surface area contributed by atoms with Crippen LogP contribution in [0, 0.1) is 5.82 Å². The van der Waals surface area contributed by atoms with Crippen LogP contribution in [0.25, 0.3) is 16.6 Å². The van der Waals surface area contributed by atoms with Gasteiger partial charge in [-0.05, 0) is 60.7 Å². The second-order valence-corrected chi connectivity index (χ2v) is 9.62. The average molecular weight is 459 g/mol. The Kier molecular flexibility index (Phi) is 6.38. The van der Waals surface area contributed by atoms with Gasteiger partial charge in [0.1, 0.15) is 10.8 Å². The molecule has 0 saturated carbocycles. The number of carbonyl (C=O) groups is 1. The molecule has 2 aromatic carbocycles. The van der Waals surface area contributed by atoms with Crippen LogP contribution in [-0.4, -0.2) is 49.8 Å². The fraction of sp³-hybridized carbons (Fsp3) is 0.182. The molecule has 0 aliphatic carbocycles. The SMILES string of the molecule is O=C(C=Cc1csc(-c2ccc(F)cc2)n1)c1ccc(S(=O)(=O)N2CCOCC2)cc1. The van der Waals surface area contributed by atoms with Crippen LogP contribution in [0.4, 0.5) is 4.39 Å². The predicted octanol–water partition coefficient (Wildman–Crippen LogP) is 3.87. The van der Waals surface area contributed by atoms with Crippen LogP contribution in [0.1, 0.15) is 16.1 Å². The highest BCUT2D eigenvalue weighted by atomic mass is 32.2. The first-order valence-electron chi connectivity index (χ1n) is 9.55. The van der Waals surface area contributed by atoms with Gasteiger partial charge in [-0.3, -0.25) is 4.79 Å². The second-order valence-electron chi connectivity index (χ2n) is 6.82. The van der Waals surface area contributed by atoms with Gasteiger partial charge in [-0.25, -0.2) is 17.8 Å². The van der Waals surface area contributed by atoms with E-state index in [0.717, 1.165) is 10.6 Å². The van der Waals surface area contributed by atoms with Gasteiger partial charge in [0.15, 0.2) is 5.78 Å². The van der Waals surface area contributed by atoms with E-state index in [0.29, 0.717) is 37.6 Å². The molecule has 0 spiro atoms. The molecule has 9 heteroatoms. The smallest absolute Gasteiger partial charge is 0.243 e. The molecule has 4 rings (SSSR count). The number of allylic oxidation sites excluding steroid dienone is 1. The quantitative estimate of drug-likeness (QED) is 0.414. The van der Waals surface area contributed by atoms with Crippen LogP contribution >= 0.6 is 11.3 Å². The molecule has 2 heterocycles. The van der Waals surface area contributed by atoms with Gasteiger partial charge in [-0.1, -0.05) is 0 Å². The first-order valence-corrected chi connectivity index (χ1v) is 11.9. The summed E-state index contributed by atoms with van der Waals surface area (Å²) in [6, 6.07) is 12.0. The van der Waals surface area contributed by atoms with E-state index in [9.17, 15) is 17.6 Å². The van der Waals surface area contributed by atoms with Gasteiger partial charge in [-0.15, -0.1) is 11.3 Å². The minimum atomic E-state index is -3.59. The van der Waals surface area contributed by atoms with Crippen molar-refractivity contribution in [2.75, 3.05) is 26.3 Å². The lowest BCUT2D eigenvalue weighted by Crippen LogP contribution is -2.40. The Hall–Kier alpha value is -2.72. The predicted molar refractivity (Wildman–Crippen MR) is 117 cm³/mol. The molecular formula is C22H19FN2O4S2. The molecule has 1 aliphatic heterocycles. The topological polar surface area (TPSA) is 76.6 Å². The average Bonchev–Trinajstić information content (AvgIpc) is 3.28. The zero-order valence-electron chi connectivity index (χ0n) is 16.4. The zero-order valence-corrected chi connectivity index (χ0v) is 18.0. The molecule has 1 saturated heterocycles. The minimum Gasteiger partial charge on any atom is -0.379 e. The highest BCUT2D eigenvalue weighted by molar-refractivity contribution is 7.89. The van der Waals surface area contributed by atoms with Gasteiger partial charge < -0.3 is 4.74 Å². The molecule has 1 aliphatic rings. The summed E-state index contributed by atoms with van der Waals surface area (Å²) in [5, 5.41) is 2.53. The molecule has 0 atom stereocenters. The van der Waals surface area contributed by atoms with E-state index in [1.807, 2.05) is 0 Å². The molecule has 3 aromatic rings. The van der Waals surface area contributed by atoms with E-state index in [2.05, 4.69) is 4.98 Å². The van der Waals surface area contributed by atoms with Crippen molar-refractivity contribution in [3.8, 4) is 10.6 Å². The molecule has 6 nitrogen and oxygen atoms in total. The maximum atomic E-state index is 13.1. The number of nitrogens with zero attached hydrogens (tertiary/aromatic N) is 2. The number of halogens is 1. The van der Waals surface area contributed by atoms with Crippen molar-refractivity contribution in [3.05, 3.63) is 77.1 Å². The summed E-state index contributed by atoms with van der Waals surface area (Å²) in [6.45, 7) is 1.39. The lowest BCUT2D eigenvalue weighted by molar-refractivity contribution is 0.0730. The molecule has 0 unspecified atom stereocenters. The van der Waals surface area contributed by atoms with E-state index in [-0.39, 0.29) is 16.5 Å². The van der Waals surface area contributed by atoms with E-state index < -0.39 is 10.0 Å². The summed E-state index contributed by atoms with van der Waals surface area (Å²) in [5.74, 6) is -0.568. The third kappa shape index (κ3) is 4.96. The first-order chi connectivity index (χ1) is 14.9. The summed E-state index contributed by atoms with van der Waals surface area (Å²) >= 11 is 1.40. The lowest BCUT2D eigenvalue weighted by atomic mass is 10.1. The Morgan fingerprint density at radius 3 is 2.42 bits per heavy atom. The number of rotatable bonds is 6. The van der Waals surface area contributed by atoms with Crippen LogP contribution in [0.3, 0.4) is 0 Å². The van der Waals surface area contributed by atoms with E-state index >= 15 is 0 Å². The highest BCUT2D eigenvalue weighted by Gasteiger charge is 2.26. The summed E-state index contributed by atoms with van der Waals surface area (Å²) in [5.41, 5.74) is 1.80. The number of aromatic nitrogens is 1. The van der Waals surface area contributed by atoms with Gasteiger partial charge in [0.2, 0.25) is 10.0 Å². The van der Waals surface area contributed by atoms with Crippen molar-refractivity contribution in [1.82, 2.24) is 9.29 Å². The van der Waals surface area contributed by atoms with Crippen molar-refractivity contribution in [3.63, 3.8) is 0 Å². The summed E-state index contributed by atoms with van der Waals surface area (Å²) in [7, 11) is -3.59. The normalized spacial score (nSPS) is 15.4. The Bertz CT molecular complexity index is 1200. The van der Waals surface area contributed by atoms with Crippen molar-refractivity contribution < 1.29 is 22.3 Å². The minimum absolute atomic E-state index is 0.151.